The van der Waals surface area contributed by atoms with Crippen LogP contribution in [-0.2, 0) is 6.42 Å². The van der Waals surface area contributed by atoms with Crippen molar-refractivity contribution in [2.24, 2.45) is 0 Å². The molecule has 0 aliphatic rings. The maximum Gasteiger partial charge on any atom is 0.160 e. The van der Waals surface area contributed by atoms with Gasteiger partial charge in [0.25, 0.3) is 0 Å². The number of hydrogen-bond donors (Lipinski definition) is 1. The van der Waals surface area contributed by atoms with E-state index < -0.39 is 0 Å². The molecule has 3 nitrogen and oxygen atoms in total. The number of benzene rings is 2. The summed E-state index contributed by atoms with van der Waals surface area (Å²) in [5.41, 5.74) is 3.49. The zero-order valence-electron chi connectivity index (χ0n) is 13.0. The molecule has 1 heterocycles. The van der Waals surface area contributed by atoms with E-state index in [0.717, 1.165) is 12.0 Å². The third-order valence-corrected chi connectivity index (χ3v) is 4.00. The van der Waals surface area contributed by atoms with Crippen molar-refractivity contribution in [1.29, 1.82) is 0 Å². The topological polar surface area (TPSA) is 42.4 Å². The van der Waals surface area contributed by atoms with Gasteiger partial charge in [-0.3, -0.25) is 4.98 Å². The monoisotopic (exact) mass is 305 g/mol. The summed E-state index contributed by atoms with van der Waals surface area (Å²) in [7, 11) is 1.56. The third kappa shape index (κ3) is 3.51. The number of phenols is 1. The molecule has 1 N–H and O–H groups in total. The molecule has 116 valence electrons. The normalized spacial score (nSPS) is 11.9. The summed E-state index contributed by atoms with van der Waals surface area (Å²) in [5.74, 6) is 0.820. The molecule has 0 aliphatic heterocycles. The summed E-state index contributed by atoms with van der Waals surface area (Å²) in [6.07, 6.45) is 4.46. The molecule has 0 saturated heterocycles. The van der Waals surface area contributed by atoms with E-state index in [1.165, 1.54) is 11.1 Å². The maximum absolute atomic E-state index is 10.1. The molecule has 23 heavy (non-hydrogen) atoms. The number of methoxy groups -OCH3 is 1. The number of rotatable bonds is 5. The lowest BCUT2D eigenvalue weighted by Crippen LogP contribution is -2.05. The minimum Gasteiger partial charge on any atom is -0.504 e. The summed E-state index contributed by atoms with van der Waals surface area (Å²) < 4.78 is 5.15. The number of nitrogens with zero attached hydrogens (tertiary/aromatic N) is 1. The fraction of sp³-hybridized carbons (Fsp3) is 0.150. The van der Waals surface area contributed by atoms with Crippen molar-refractivity contribution < 1.29 is 9.84 Å². The van der Waals surface area contributed by atoms with Crippen LogP contribution >= 0.6 is 0 Å². The van der Waals surface area contributed by atoms with E-state index in [4.69, 9.17) is 4.74 Å². The van der Waals surface area contributed by atoms with E-state index in [2.05, 4.69) is 17.1 Å². The van der Waals surface area contributed by atoms with E-state index in [9.17, 15) is 5.11 Å². The Bertz CT molecular complexity index is 757. The SMILES string of the molecule is COc1ccc([C@H](Cc2ccncc2)c2ccccc2)cc1O. The fourth-order valence-electron chi connectivity index (χ4n) is 2.79. The minimum absolute atomic E-state index is 0.162. The number of pyridine rings is 1. The summed E-state index contributed by atoms with van der Waals surface area (Å²) in [4.78, 5) is 4.08. The first kappa shape index (κ1) is 15.1. The summed E-state index contributed by atoms with van der Waals surface area (Å²) in [6.45, 7) is 0. The van der Waals surface area contributed by atoms with E-state index in [1.807, 2.05) is 54.9 Å². The zero-order chi connectivity index (χ0) is 16.1. The molecule has 0 unspecified atom stereocenters. The van der Waals surface area contributed by atoms with Crippen LogP contribution in [0.25, 0.3) is 0 Å². The molecule has 3 heteroatoms. The molecular formula is C20H19NO2. The van der Waals surface area contributed by atoms with Crippen molar-refractivity contribution in [3.8, 4) is 11.5 Å². The van der Waals surface area contributed by atoms with Crippen LogP contribution in [0.4, 0.5) is 0 Å². The van der Waals surface area contributed by atoms with Gasteiger partial charge in [0.15, 0.2) is 11.5 Å². The molecule has 1 aromatic heterocycles. The Labute approximate surface area is 136 Å². The van der Waals surface area contributed by atoms with Crippen LogP contribution < -0.4 is 4.74 Å². The second-order valence-electron chi connectivity index (χ2n) is 5.45. The zero-order valence-corrected chi connectivity index (χ0v) is 13.0. The highest BCUT2D eigenvalue weighted by molar-refractivity contribution is 5.45. The van der Waals surface area contributed by atoms with Gasteiger partial charge in [-0.25, -0.2) is 0 Å². The first-order chi connectivity index (χ1) is 11.3. The van der Waals surface area contributed by atoms with Gasteiger partial charge in [-0.15, -0.1) is 0 Å². The average molecular weight is 305 g/mol. The van der Waals surface area contributed by atoms with Crippen LogP contribution in [0.1, 0.15) is 22.6 Å². The highest BCUT2D eigenvalue weighted by Gasteiger charge is 2.16. The molecule has 3 aromatic rings. The van der Waals surface area contributed by atoms with Gasteiger partial charge in [0, 0.05) is 18.3 Å². The van der Waals surface area contributed by atoms with Crippen LogP contribution in [0.15, 0.2) is 73.1 Å². The van der Waals surface area contributed by atoms with Crippen LogP contribution in [0, 0.1) is 0 Å². The van der Waals surface area contributed by atoms with Gasteiger partial charge in [-0.1, -0.05) is 36.4 Å². The summed E-state index contributed by atoms with van der Waals surface area (Å²) >= 11 is 0. The molecule has 0 amide bonds. The van der Waals surface area contributed by atoms with Gasteiger partial charge in [0.1, 0.15) is 0 Å². The predicted octanol–water partition coefficient (Wildman–Crippen LogP) is 4.17. The van der Waals surface area contributed by atoms with Crippen molar-refractivity contribution in [3.05, 3.63) is 89.7 Å². The van der Waals surface area contributed by atoms with Crippen molar-refractivity contribution >= 4 is 0 Å². The Morgan fingerprint density at radius 3 is 2.35 bits per heavy atom. The van der Waals surface area contributed by atoms with Crippen LogP contribution in [0.3, 0.4) is 0 Å². The molecule has 2 aromatic carbocycles. The Morgan fingerprint density at radius 2 is 1.70 bits per heavy atom. The lowest BCUT2D eigenvalue weighted by molar-refractivity contribution is 0.373. The van der Waals surface area contributed by atoms with Gasteiger partial charge < -0.3 is 9.84 Å². The highest BCUT2D eigenvalue weighted by atomic mass is 16.5. The Balaban J connectivity index is 2.00. The third-order valence-electron chi connectivity index (χ3n) is 4.00. The number of aromatic nitrogens is 1. The molecule has 3 rings (SSSR count). The van der Waals surface area contributed by atoms with Gasteiger partial charge in [0.2, 0.25) is 0 Å². The number of ether oxygens (including phenoxy) is 1. The van der Waals surface area contributed by atoms with Gasteiger partial charge in [-0.05, 0) is 47.4 Å². The lowest BCUT2D eigenvalue weighted by Gasteiger charge is -2.19. The molecule has 0 spiro atoms. The minimum atomic E-state index is 0.162. The Morgan fingerprint density at radius 1 is 0.957 bits per heavy atom. The first-order valence-corrected chi connectivity index (χ1v) is 7.58. The van der Waals surface area contributed by atoms with Gasteiger partial charge in [-0.2, -0.15) is 0 Å². The average Bonchev–Trinajstić information content (AvgIpc) is 2.61. The van der Waals surface area contributed by atoms with Crippen molar-refractivity contribution in [3.63, 3.8) is 0 Å². The molecule has 0 aliphatic carbocycles. The molecule has 1 atom stereocenters. The van der Waals surface area contributed by atoms with Gasteiger partial charge >= 0.3 is 0 Å². The van der Waals surface area contributed by atoms with Crippen LogP contribution in [0.5, 0.6) is 11.5 Å². The number of phenolic OH excluding ortho intramolecular Hbond substituents is 1. The molecular weight excluding hydrogens is 286 g/mol. The lowest BCUT2D eigenvalue weighted by atomic mass is 9.86. The van der Waals surface area contributed by atoms with Crippen LogP contribution in [-0.4, -0.2) is 17.2 Å². The van der Waals surface area contributed by atoms with E-state index in [-0.39, 0.29) is 11.7 Å². The molecule has 0 radical (unpaired) electrons. The maximum atomic E-state index is 10.1. The van der Waals surface area contributed by atoms with E-state index in [1.54, 1.807) is 13.2 Å². The second kappa shape index (κ2) is 6.97. The van der Waals surface area contributed by atoms with E-state index in [0.29, 0.717) is 5.75 Å². The quantitative estimate of drug-likeness (QED) is 0.769. The number of aromatic hydroxyl groups is 1. The predicted molar refractivity (Wildman–Crippen MR) is 90.9 cm³/mol. The second-order valence-corrected chi connectivity index (χ2v) is 5.45. The first-order valence-electron chi connectivity index (χ1n) is 7.58. The van der Waals surface area contributed by atoms with Gasteiger partial charge in [0.05, 0.1) is 7.11 Å². The molecule has 0 saturated carbocycles. The smallest absolute Gasteiger partial charge is 0.160 e. The standard InChI is InChI=1S/C20H19NO2/c1-23-20-8-7-17(14-19(20)22)18(16-5-3-2-4-6-16)13-15-9-11-21-12-10-15/h2-12,14,18,22H,13H2,1H3/t18-/m1/s1. The summed E-state index contributed by atoms with van der Waals surface area (Å²) in [6, 6.07) is 20.0. The summed E-state index contributed by atoms with van der Waals surface area (Å²) in [5, 5.41) is 10.1. The fourth-order valence-corrected chi connectivity index (χ4v) is 2.79. The van der Waals surface area contributed by atoms with E-state index >= 15 is 0 Å². The highest BCUT2D eigenvalue weighted by Crippen LogP contribution is 2.34. The van der Waals surface area contributed by atoms with Crippen LogP contribution in [0.2, 0.25) is 0 Å². The number of hydrogen-bond acceptors (Lipinski definition) is 3. The Kier molecular flexibility index (Phi) is 4.57. The van der Waals surface area contributed by atoms with Crippen molar-refractivity contribution in [1.82, 2.24) is 4.98 Å². The molecule has 0 fully saturated rings. The van der Waals surface area contributed by atoms with Crippen molar-refractivity contribution in [2.45, 2.75) is 12.3 Å². The Hall–Kier alpha value is -2.81. The van der Waals surface area contributed by atoms with Crippen molar-refractivity contribution in [2.75, 3.05) is 7.11 Å². The largest absolute Gasteiger partial charge is 0.504 e. The molecule has 0 bridgehead atoms.